The Labute approximate surface area is 102 Å². The first-order valence-electron chi connectivity index (χ1n) is 7.43. The van der Waals surface area contributed by atoms with Crippen molar-refractivity contribution in [1.82, 2.24) is 5.32 Å². The topological polar surface area (TPSA) is 12.0 Å². The highest BCUT2D eigenvalue weighted by Crippen LogP contribution is 2.26. The van der Waals surface area contributed by atoms with Gasteiger partial charge in [-0.1, -0.05) is 46.0 Å². The van der Waals surface area contributed by atoms with E-state index in [1.54, 1.807) is 0 Å². The van der Waals surface area contributed by atoms with Gasteiger partial charge in [0, 0.05) is 6.04 Å². The van der Waals surface area contributed by atoms with Gasteiger partial charge in [0.2, 0.25) is 0 Å². The van der Waals surface area contributed by atoms with Crippen molar-refractivity contribution in [3.05, 3.63) is 0 Å². The van der Waals surface area contributed by atoms with Gasteiger partial charge in [-0.25, -0.2) is 0 Å². The van der Waals surface area contributed by atoms with Crippen LogP contribution >= 0.6 is 0 Å². The first kappa shape index (κ1) is 14.0. The van der Waals surface area contributed by atoms with Gasteiger partial charge < -0.3 is 5.32 Å². The van der Waals surface area contributed by atoms with E-state index in [4.69, 9.17) is 0 Å². The third-order valence-electron chi connectivity index (χ3n) is 4.03. The van der Waals surface area contributed by atoms with E-state index in [1.807, 2.05) is 0 Å². The van der Waals surface area contributed by atoms with Crippen LogP contribution in [0.5, 0.6) is 0 Å². The molecule has 1 saturated carbocycles. The largest absolute Gasteiger partial charge is 0.314 e. The third-order valence-corrected chi connectivity index (χ3v) is 4.03. The fourth-order valence-corrected chi connectivity index (χ4v) is 2.81. The summed E-state index contributed by atoms with van der Waals surface area (Å²) >= 11 is 0. The summed E-state index contributed by atoms with van der Waals surface area (Å²) in [6, 6.07) is 0.749. The maximum Gasteiger partial charge on any atom is 0.00669 e. The highest BCUT2D eigenvalue weighted by atomic mass is 14.9. The Balaban J connectivity index is 1.98. The molecule has 0 heterocycles. The van der Waals surface area contributed by atoms with Crippen molar-refractivity contribution >= 4 is 0 Å². The van der Waals surface area contributed by atoms with Gasteiger partial charge in [-0.3, -0.25) is 0 Å². The number of rotatable bonds is 7. The number of hydrogen-bond donors (Lipinski definition) is 1. The van der Waals surface area contributed by atoms with Crippen LogP contribution in [0.25, 0.3) is 0 Å². The molecule has 0 amide bonds. The molecule has 1 rings (SSSR count). The van der Waals surface area contributed by atoms with Crippen molar-refractivity contribution in [3.63, 3.8) is 0 Å². The summed E-state index contributed by atoms with van der Waals surface area (Å²) in [5.74, 6) is 1.83. The van der Waals surface area contributed by atoms with Crippen LogP contribution in [0, 0.1) is 11.8 Å². The molecule has 1 nitrogen and oxygen atoms in total. The van der Waals surface area contributed by atoms with Gasteiger partial charge in [-0.2, -0.15) is 0 Å². The molecule has 1 aliphatic rings. The van der Waals surface area contributed by atoms with Crippen molar-refractivity contribution in [2.24, 2.45) is 11.8 Å². The van der Waals surface area contributed by atoms with Gasteiger partial charge >= 0.3 is 0 Å². The van der Waals surface area contributed by atoms with Crippen LogP contribution in [0.3, 0.4) is 0 Å². The fraction of sp³-hybridized carbons (Fsp3) is 1.00. The maximum atomic E-state index is 3.73. The molecule has 0 bridgehead atoms. The second-order valence-corrected chi connectivity index (χ2v) is 6.03. The van der Waals surface area contributed by atoms with Crippen LogP contribution in [0.15, 0.2) is 0 Å². The lowest BCUT2D eigenvalue weighted by molar-refractivity contribution is 0.280. The number of hydrogen-bond acceptors (Lipinski definition) is 1. The van der Waals surface area contributed by atoms with Crippen molar-refractivity contribution in [2.45, 2.75) is 78.2 Å². The van der Waals surface area contributed by atoms with Gasteiger partial charge in [0.05, 0.1) is 0 Å². The summed E-state index contributed by atoms with van der Waals surface area (Å²) in [7, 11) is 0. The quantitative estimate of drug-likeness (QED) is 0.634. The van der Waals surface area contributed by atoms with Crippen LogP contribution in [-0.4, -0.2) is 12.6 Å². The van der Waals surface area contributed by atoms with Crippen molar-refractivity contribution in [3.8, 4) is 0 Å². The molecule has 1 atom stereocenters. The molecule has 1 N–H and O–H groups in total. The smallest absolute Gasteiger partial charge is 0.00669 e. The Morgan fingerprint density at radius 2 is 1.69 bits per heavy atom. The Hall–Kier alpha value is -0.0400. The SMILES string of the molecule is CC(C)CCCCNC(C)C1CCCCC1. The molecule has 0 aliphatic heterocycles. The maximum absolute atomic E-state index is 3.73. The molecular formula is C15H31N. The van der Waals surface area contributed by atoms with Gasteiger partial charge in [0.25, 0.3) is 0 Å². The first-order valence-corrected chi connectivity index (χ1v) is 7.43. The lowest BCUT2D eigenvalue weighted by atomic mass is 9.84. The molecule has 1 unspecified atom stereocenters. The predicted octanol–water partition coefficient (Wildman–Crippen LogP) is 4.37. The standard InChI is InChI=1S/C15H31N/c1-13(2)9-7-8-12-16-14(3)15-10-5-4-6-11-15/h13-16H,4-12H2,1-3H3. The summed E-state index contributed by atoms with van der Waals surface area (Å²) < 4.78 is 0. The van der Waals surface area contributed by atoms with E-state index in [2.05, 4.69) is 26.1 Å². The lowest BCUT2D eigenvalue weighted by Gasteiger charge is -2.28. The summed E-state index contributed by atoms with van der Waals surface area (Å²) in [5, 5.41) is 3.73. The van der Waals surface area contributed by atoms with Crippen LogP contribution in [0.2, 0.25) is 0 Å². The summed E-state index contributed by atoms with van der Waals surface area (Å²) in [5.41, 5.74) is 0. The molecule has 0 aromatic carbocycles. The zero-order valence-corrected chi connectivity index (χ0v) is 11.6. The van der Waals surface area contributed by atoms with Crippen molar-refractivity contribution in [1.29, 1.82) is 0 Å². The molecule has 1 heteroatoms. The molecule has 0 aromatic rings. The summed E-state index contributed by atoms with van der Waals surface area (Å²) in [6.07, 6.45) is 11.4. The normalized spacial score (nSPS) is 20.2. The highest BCUT2D eigenvalue weighted by molar-refractivity contribution is 4.75. The molecule has 1 fully saturated rings. The molecule has 16 heavy (non-hydrogen) atoms. The second-order valence-electron chi connectivity index (χ2n) is 6.03. The minimum Gasteiger partial charge on any atom is -0.314 e. The van der Waals surface area contributed by atoms with E-state index >= 15 is 0 Å². The monoisotopic (exact) mass is 225 g/mol. The molecule has 1 aliphatic carbocycles. The van der Waals surface area contributed by atoms with E-state index in [1.165, 1.54) is 57.9 Å². The van der Waals surface area contributed by atoms with E-state index in [-0.39, 0.29) is 0 Å². The zero-order chi connectivity index (χ0) is 11.8. The molecule has 0 radical (unpaired) electrons. The van der Waals surface area contributed by atoms with E-state index in [0.29, 0.717) is 0 Å². The Bertz CT molecular complexity index is 159. The highest BCUT2D eigenvalue weighted by Gasteiger charge is 2.18. The zero-order valence-electron chi connectivity index (χ0n) is 11.6. The van der Waals surface area contributed by atoms with E-state index in [0.717, 1.165) is 17.9 Å². The molecular weight excluding hydrogens is 194 g/mol. The van der Waals surface area contributed by atoms with Crippen molar-refractivity contribution < 1.29 is 0 Å². The summed E-state index contributed by atoms with van der Waals surface area (Å²) in [6.45, 7) is 8.25. The predicted molar refractivity (Wildman–Crippen MR) is 72.7 cm³/mol. The van der Waals surface area contributed by atoms with E-state index in [9.17, 15) is 0 Å². The fourth-order valence-electron chi connectivity index (χ4n) is 2.81. The van der Waals surface area contributed by atoms with Gasteiger partial charge in [0.15, 0.2) is 0 Å². The van der Waals surface area contributed by atoms with Crippen LogP contribution in [0.1, 0.15) is 72.1 Å². The van der Waals surface area contributed by atoms with Crippen molar-refractivity contribution in [2.75, 3.05) is 6.54 Å². The minimum absolute atomic E-state index is 0.749. The summed E-state index contributed by atoms with van der Waals surface area (Å²) in [4.78, 5) is 0. The first-order chi connectivity index (χ1) is 7.70. The molecule has 96 valence electrons. The van der Waals surface area contributed by atoms with Crippen LogP contribution in [0.4, 0.5) is 0 Å². The lowest BCUT2D eigenvalue weighted by Crippen LogP contribution is -2.35. The van der Waals surface area contributed by atoms with Crippen LogP contribution in [-0.2, 0) is 0 Å². The minimum atomic E-state index is 0.749. The number of nitrogens with one attached hydrogen (secondary N) is 1. The van der Waals surface area contributed by atoms with Crippen LogP contribution < -0.4 is 5.32 Å². The van der Waals surface area contributed by atoms with Gasteiger partial charge in [-0.15, -0.1) is 0 Å². The number of unbranched alkanes of at least 4 members (excludes halogenated alkanes) is 1. The Morgan fingerprint density at radius 3 is 2.31 bits per heavy atom. The van der Waals surface area contributed by atoms with E-state index < -0.39 is 0 Å². The third kappa shape index (κ3) is 5.89. The van der Waals surface area contributed by atoms with Gasteiger partial charge in [-0.05, 0) is 44.6 Å². The second kappa shape index (κ2) is 8.11. The Kier molecular flexibility index (Phi) is 7.11. The molecule has 0 saturated heterocycles. The Morgan fingerprint density at radius 1 is 1.00 bits per heavy atom. The average molecular weight is 225 g/mol. The molecule has 0 spiro atoms. The molecule has 0 aromatic heterocycles. The van der Waals surface area contributed by atoms with Gasteiger partial charge in [0.1, 0.15) is 0 Å². The average Bonchev–Trinajstić information content (AvgIpc) is 2.29.